The Kier molecular flexibility index (Phi) is 6.23. The van der Waals surface area contributed by atoms with E-state index >= 15 is 0 Å². The van der Waals surface area contributed by atoms with E-state index in [1.807, 2.05) is 4.90 Å². The standard InChI is InChI=1S/C24H32N6O2S/c1-17-7-8-18(2)20(15-17)27-11-13-28(14-12-27)22(32)19-5-3-9-29(16-19)23-25-26-24(33-23)30-10-4-6-21(30)31/h7-8,15,19H,3-6,9-14,16H2,1-2H3. The highest BCUT2D eigenvalue weighted by molar-refractivity contribution is 7.19. The van der Waals surface area contributed by atoms with Crippen molar-refractivity contribution in [2.24, 2.45) is 5.92 Å². The van der Waals surface area contributed by atoms with Crippen LogP contribution in [0.5, 0.6) is 0 Å². The van der Waals surface area contributed by atoms with E-state index in [1.165, 1.54) is 28.2 Å². The second-order valence-electron chi connectivity index (χ2n) is 9.40. The molecule has 1 unspecified atom stereocenters. The van der Waals surface area contributed by atoms with Gasteiger partial charge in [-0.25, -0.2) is 0 Å². The Morgan fingerprint density at radius 1 is 0.970 bits per heavy atom. The maximum absolute atomic E-state index is 13.3. The van der Waals surface area contributed by atoms with Crippen molar-refractivity contribution >= 4 is 39.1 Å². The Bertz CT molecular complexity index is 1030. The number of piperazine rings is 1. The summed E-state index contributed by atoms with van der Waals surface area (Å²) in [5.74, 6) is 0.385. The third kappa shape index (κ3) is 4.55. The number of amides is 2. The summed E-state index contributed by atoms with van der Waals surface area (Å²) in [6.45, 7) is 9.84. The highest BCUT2D eigenvalue weighted by atomic mass is 32.1. The van der Waals surface area contributed by atoms with Crippen LogP contribution in [-0.4, -0.2) is 72.7 Å². The highest BCUT2D eigenvalue weighted by Crippen LogP contribution is 2.33. The Labute approximate surface area is 199 Å². The van der Waals surface area contributed by atoms with Gasteiger partial charge in [0.25, 0.3) is 0 Å². The van der Waals surface area contributed by atoms with Gasteiger partial charge < -0.3 is 14.7 Å². The number of carbonyl (C=O) groups excluding carboxylic acids is 2. The van der Waals surface area contributed by atoms with Gasteiger partial charge in [0.1, 0.15) is 0 Å². The molecule has 2 amide bonds. The first-order valence-corrected chi connectivity index (χ1v) is 12.8. The van der Waals surface area contributed by atoms with E-state index in [0.29, 0.717) is 18.1 Å². The molecule has 2 aromatic rings. The van der Waals surface area contributed by atoms with E-state index < -0.39 is 0 Å². The molecule has 0 saturated carbocycles. The summed E-state index contributed by atoms with van der Waals surface area (Å²) >= 11 is 1.47. The Balaban J connectivity index is 1.19. The van der Waals surface area contributed by atoms with Gasteiger partial charge in [0, 0.05) is 57.9 Å². The van der Waals surface area contributed by atoms with E-state index in [2.05, 4.69) is 52.0 Å². The van der Waals surface area contributed by atoms with Crippen molar-refractivity contribution in [2.45, 2.75) is 39.5 Å². The number of aryl methyl sites for hydroxylation is 2. The lowest BCUT2D eigenvalue weighted by atomic mass is 9.96. The molecule has 1 atom stereocenters. The normalized spacial score (nSPS) is 21.8. The predicted octanol–water partition coefficient (Wildman–Crippen LogP) is 2.85. The third-order valence-corrected chi connectivity index (χ3v) is 8.05. The Morgan fingerprint density at radius 3 is 2.52 bits per heavy atom. The highest BCUT2D eigenvalue weighted by Gasteiger charge is 2.33. The van der Waals surface area contributed by atoms with Crippen molar-refractivity contribution in [1.29, 1.82) is 0 Å². The zero-order chi connectivity index (χ0) is 22.9. The minimum Gasteiger partial charge on any atom is -0.368 e. The smallest absolute Gasteiger partial charge is 0.228 e. The number of anilines is 3. The minimum atomic E-state index is -0.00762. The molecular formula is C24H32N6O2S. The van der Waals surface area contributed by atoms with Crippen LogP contribution in [0.3, 0.4) is 0 Å². The monoisotopic (exact) mass is 468 g/mol. The van der Waals surface area contributed by atoms with Crippen molar-refractivity contribution in [3.8, 4) is 0 Å². The van der Waals surface area contributed by atoms with Gasteiger partial charge in [0.2, 0.25) is 22.1 Å². The van der Waals surface area contributed by atoms with Crippen LogP contribution in [0.4, 0.5) is 16.0 Å². The molecule has 0 spiro atoms. The molecule has 8 nitrogen and oxygen atoms in total. The maximum atomic E-state index is 13.3. The van der Waals surface area contributed by atoms with E-state index in [9.17, 15) is 9.59 Å². The van der Waals surface area contributed by atoms with E-state index in [0.717, 1.165) is 63.7 Å². The molecule has 3 aliphatic rings. The molecule has 0 N–H and O–H groups in total. The van der Waals surface area contributed by atoms with Crippen molar-refractivity contribution in [3.05, 3.63) is 29.3 Å². The zero-order valence-corrected chi connectivity index (χ0v) is 20.3. The predicted molar refractivity (Wildman–Crippen MR) is 131 cm³/mol. The molecule has 9 heteroatoms. The molecule has 33 heavy (non-hydrogen) atoms. The Morgan fingerprint density at radius 2 is 1.76 bits per heavy atom. The largest absolute Gasteiger partial charge is 0.368 e. The van der Waals surface area contributed by atoms with Crippen LogP contribution >= 0.6 is 11.3 Å². The Hall–Kier alpha value is -2.68. The first-order chi connectivity index (χ1) is 16.0. The lowest BCUT2D eigenvalue weighted by Crippen LogP contribution is -2.52. The summed E-state index contributed by atoms with van der Waals surface area (Å²) in [4.78, 5) is 33.7. The van der Waals surface area contributed by atoms with Gasteiger partial charge in [-0.15, -0.1) is 10.2 Å². The number of nitrogens with zero attached hydrogens (tertiary/aromatic N) is 6. The third-order valence-electron chi connectivity index (χ3n) is 7.05. The van der Waals surface area contributed by atoms with Crippen LogP contribution in [-0.2, 0) is 9.59 Å². The van der Waals surface area contributed by atoms with Gasteiger partial charge >= 0.3 is 0 Å². The summed E-state index contributed by atoms with van der Waals surface area (Å²) in [6, 6.07) is 6.58. The first-order valence-electron chi connectivity index (χ1n) is 12.0. The summed E-state index contributed by atoms with van der Waals surface area (Å²) < 4.78 is 0. The minimum absolute atomic E-state index is 0.00762. The average molecular weight is 469 g/mol. The van der Waals surface area contributed by atoms with Crippen molar-refractivity contribution in [3.63, 3.8) is 0 Å². The fourth-order valence-electron chi connectivity index (χ4n) is 5.13. The lowest BCUT2D eigenvalue weighted by Gasteiger charge is -2.40. The van der Waals surface area contributed by atoms with Crippen LogP contribution in [0.2, 0.25) is 0 Å². The van der Waals surface area contributed by atoms with Gasteiger partial charge in [-0.3, -0.25) is 14.5 Å². The molecule has 3 aliphatic heterocycles. The topological polar surface area (TPSA) is 72.9 Å². The lowest BCUT2D eigenvalue weighted by molar-refractivity contribution is -0.136. The maximum Gasteiger partial charge on any atom is 0.228 e. The molecule has 5 rings (SSSR count). The molecule has 0 radical (unpaired) electrons. The van der Waals surface area contributed by atoms with Gasteiger partial charge in [0.15, 0.2) is 0 Å². The van der Waals surface area contributed by atoms with E-state index in [4.69, 9.17) is 0 Å². The van der Waals surface area contributed by atoms with Crippen LogP contribution in [0.1, 0.15) is 36.8 Å². The van der Waals surface area contributed by atoms with Crippen LogP contribution < -0.4 is 14.7 Å². The zero-order valence-electron chi connectivity index (χ0n) is 19.5. The summed E-state index contributed by atoms with van der Waals surface area (Å²) in [5.41, 5.74) is 3.84. The molecule has 1 aromatic heterocycles. The van der Waals surface area contributed by atoms with E-state index in [-0.39, 0.29) is 17.7 Å². The van der Waals surface area contributed by atoms with E-state index in [1.54, 1.807) is 4.90 Å². The molecule has 4 heterocycles. The number of benzene rings is 1. The SMILES string of the molecule is Cc1ccc(C)c(N2CCN(C(=O)C3CCCN(c4nnc(N5CCCC5=O)s4)C3)CC2)c1. The second kappa shape index (κ2) is 9.29. The summed E-state index contributed by atoms with van der Waals surface area (Å²) in [5, 5.41) is 10.1. The molecule has 3 fully saturated rings. The van der Waals surface area contributed by atoms with Crippen molar-refractivity contribution < 1.29 is 9.59 Å². The summed E-state index contributed by atoms with van der Waals surface area (Å²) in [7, 11) is 0. The second-order valence-corrected chi connectivity index (χ2v) is 10.3. The molecule has 3 saturated heterocycles. The van der Waals surface area contributed by atoms with Crippen molar-refractivity contribution in [1.82, 2.24) is 15.1 Å². The fourth-order valence-corrected chi connectivity index (χ4v) is 6.06. The van der Waals surface area contributed by atoms with Crippen molar-refractivity contribution in [2.75, 3.05) is 60.5 Å². The number of rotatable bonds is 4. The number of hydrogen-bond acceptors (Lipinski definition) is 7. The summed E-state index contributed by atoms with van der Waals surface area (Å²) in [6.07, 6.45) is 3.36. The first kappa shape index (κ1) is 22.1. The quantitative estimate of drug-likeness (QED) is 0.687. The number of piperidine rings is 1. The van der Waals surface area contributed by atoms with Crippen LogP contribution in [0, 0.1) is 19.8 Å². The molecule has 176 valence electrons. The number of hydrogen-bond donors (Lipinski definition) is 0. The molecule has 1 aromatic carbocycles. The van der Waals surface area contributed by atoms with Crippen LogP contribution in [0.25, 0.3) is 0 Å². The van der Waals surface area contributed by atoms with Gasteiger partial charge in [0.05, 0.1) is 5.92 Å². The van der Waals surface area contributed by atoms with Crippen LogP contribution in [0.15, 0.2) is 18.2 Å². The number of aromatic nitrogens is 2. The van der Waals surface area contributed by atoms with Gasteiger partial charge in [-0.1, -0.05) is 23.5 Å². The number of carbonyl (C=O) groups is 2. The molecular weight excluding hydrogens is 436 g/mol. The van der Waals surface area contributed by atoms with Gasteiger partial charge in [-0.05, 0) is 50.3 Å². The molecule has 0 bridgehead atoms. The molecule has 0 aliphatic carbocycles. The average Bonchev–Trinajstić information content (AvgIpc) is 3.49. The fraction of sp³-hybridized carbons (Fsp3) is 0.583. The van der Waals surface area contributed by atoms with Gasteiger partial charge in [-0.2, -0.15) is 0 Å².